The second-order valence-electron chi connectivity index (χ2n) is 7.27. The fraction of sp³-hybridized carbons (Fsp3) is 0.579. The number of benzene rings is 1. The van der Waals surface area contributed by atoms with Crippen LogP contribution in [-0.2, 0) is 24.3 Å². The first-order valence-corrected chi connectivity index (χ1v) is 10.7. The minimum Gasteiger partial charge on any atom is -0.455 e. The van der Waals surface area contributed by atoms with E-state index in [0.29, 0.717) is 13.1 Å². The van der Waals surface area contributed by atoms with Crippen molar-refractivity contribution in [3.05, 3.63) is 29.3 Å². The molecule has 1 aromatic rings. The van der Waals surface area contributed by atoms with Crippen molar-refractivity contribution in [2.45, 2.75) is 38.0 Å². The second-order valence-corrected chi connectivity index (χ2v) is 9.20. The minimum absolute atomic E-state index is 0.0576. The summed E-state index contributed by atoms with van der Waals surface area (Å²) < 4.78 is 32.1. The summed E-state index contributed by atoms with van der Waals surface area (Å²) in [6, 6.07) is 5.11. The average molecular weight is 394 g/mol. The number of nitrogens with zero attached hydrogens (tertiary/aromatic N) is 2. The number of carbonyl (C=O) groups is 2. The molecule has 27 heavy (non-hydrogen) atoms. The number of ether oxygens (including phenoxy) is 1. The van der Waals surface area contributed by atoms with Gasteiger partial charge in [0.25, 0.3) is 5.91 Å². The molecule has 3 rings (SSSR count). The summed E-state index contributed by atoms with van der Waals surface area (Å²) in [6.07, 6.45) is 2.70. The highest BCUT2D eigenvalue weighted by Crippen LogP contribution is 2.27. The fourth-order valence-corrected chi connectivity index (χ4v) is 4.70. The predicted molar refractivity (Wildman–Crippen MR) is 99.6 cm³/mol. The normalized spacial score (nSPS) is 18.8. The third-order valence-electron chi connectivity index (χ3n) is 5.48. The lowest BCUT2D eigenvalue weighted by Gasteiger charge is -2.34. The highest BCUT2D eigenvalue weighted by Gasteiger charge is 2.31. The van der Waals surface area contributed by atoms with Gasteiger partial charge in [-0.2, -0.15) is 4.31 Å². The summed E-state index contributed by atoms with van der Waals surface area (Å²) in [6.45, 7) is 4.62. The number of hydrogen-bond donors (Lipinski definition) is 0. The molecular weight excluding hydrogens is 368 g/mol. The molecule has 1 aliphatic carbocycles. The van der Waals surface area contributed by atoms with Gasteiger partial charge in [-0.1, -0.05) is 12.5 Å². The molecule has 1 saturated carbocycles. The Balaban J connectivity index is 1.53. The van der Waals surface area contributed by atoms with E-state index in [9.17, 15) is 18.0 Å². The van der Waals surface area contributed by atoms with E-state index in [1.807, 2.05) is 13.8 Å². The number of rotatable bonds is 5. The Bertz CT molecular complexity index is 825. The summed E-state index contributed by atoms with van der Waals surface area (Å²) in [5.74, 6) is -0.630. The highest BCUT2D eigenvalue weighted by molar-refractivity contribution is 7.89. The molecule has 7 nitrogen and oxygen atoms in total. The number of aryl methyl sites for hydroxylation is 2. The van der Waals surface area contributed by atoms with Gasteiger partial charge in [-0.3, -0.25) is 9.59 Å². The van der Waals surface area contributed by atoms with Gasteiger partial charge >= 0.3 is 5.97 Å². The molecule has 0 spiro atoms. The molecule has 0 atom stereocenters. The Labute approximate surface area is 160 Å². The predicted octanol–water partition coefficient (Wildman–Crippen LogP) is 1.48. The maximum absolute atomic E-state index is 12.8. The highest BCUT2D eigenvalue weighted by atomic mass is 32.2. The molecule has 1 amide bonds. The van der Waals surface area contributed by atoms with E-state index >= 15 is 0 Å². The van der Waals surface area contributed by atoms with Crippen LogP contribution in [0.25, 0.3) is 0 Å². The van der Waals surface area contributed by atoms with E-state index in [1.165, 1.54) is 4.31 Å². The number of hydrogen-bond acceptors (Lipinski definition) is 5. The number of esters is 1. The van der Waals surface area contributed by atoms with E-state index < -0.39 is 10.0 Å². The molecule has 1 heterocycles. The zero-order valence-electron chi connectivity index (χ0n) is 15.8. The maximum Gasteiger partial charge on any atom is 0.309 e. The van der Waals surface area contributed by atoms with Crippen molar-refractivity contribution in [3.63, 3.8) is 0 Å². The topological polar surface area (TPSA) is 84.0 Å². The number of amides is 1. The summed E-state index contributed by atoms with van der Waals surface area (Å²) in [5.41, 5.74) is 1.97. The quantitative estimate of drug-likeness (QED) is 0.707. The smallest absolute Gasteiger partial charge is 0.309 e. The Morgan fingerprint density at radius 3 is 2.30 bits per heavy atom. The SMILES string of the molecule is Cc1ccc(S(=O)(=O)N2CCN(C(=O)COC(=O)C3CCC3)CC2)cc1C. The van der Waals surface area contributed by atoms with Crippen molar-refractivity contribution >= 4 is 21.9 Å². The lowest BCUT2D eigenvalue weighted by molar-refractivity contribution is -0.158. The van der Waals surface area contributed by atoms with Crippen molar-refractivity contribution in [1.29, 1.82) is 0 Å². The Hall–Kier alpha value is -1.93. The molecule has 0 bridgehead atoms. The van der Waals surface area contributed by atoms with Gasteiger partial charge in [0.15, 0.2) is 6.61 Å². The molecule has 8 heteroatoms. The van der Waals surface area contributed by atoms with Crippen LogP contribution in [0.5, 0.6) is 0 Å². The minimum atomic E-state index is -3.57. The van der Waals surface area contributed by atoms with Gasteiger partial charge in [-0.05, 0) is 49.9 Å². The monoisotopic (exact) mass is 394 g/mol. The van der Waals surface area contributed by atoms with Crippen LogP contribution in [0.3, 0.4) is 0 Å². The van der Waals surface area contributed by atoms with Gasteiger partial charge in [0.1, 0.15) is 0 Å². The Kier molecular flexibility index (Phi) is 5.86. The summed E-state index contributed by atoms with van der Waals surface area (Å²) in [7, 11) is -3.57. The zero-order valence-corrected chi connectivity index (χ0v) is 16.6. The number of piperazine rings is 1. The van der Waals surface area contributed by atoms with Gasteiger partial charge < -0.3 is 9.64 Å². The fourth-order valence-electron chi connectivity index (χ4n) is 3.19. The van der Waals surface area contributed by atoms with Crippen LogP contribution >= 0.6 is 0 Å². The van der Waals surface area contributed by atoms with Crippen molar-refractivity contribution in [1.82, 2.24) is 9.21 Å². The van der Waals surface area contributed by atoms with Gasteiger partial charge in [-0.25, -0.2) is 8.42 Å². The molecule has 0 N–H and O–H groups in total. The van der Waals surface area contributed by atoms with E-state index in [2.05, 4.69) is 0 Å². The van der Waals surface area contributed by atoms with Crippen LogP contribution in [0.2, 0.25) is 0 Å². The first-order valence-electron chi connectivity index (χ1n) is 9.31. The van der Waals surface area contributed by atoms with E-state index in [-0.39, 0.29) is 42.4 Å². The van der Waals surface area contributed by atoms with Crippen molar-refractivity contribution < 1.29 is 22.7 Å². The van der Waals surface area contributed by atoms with Crippen LogP contribution in [0, 0.1) is 19.8 Å². The van der Waals surface area contributed by atoms with Crippen molar-refractivity contribution in [3.8, 4) is 0 Å². The van der Waals surface area contributed by atoms with Crippen LogP contribution < -0.4 is 0 Å². The lowest BCUT2D eigenvalue weighted by atomic mass is 9.86. The van der Waals surface area contributed by atoms with Crippen LogP contribution in [-0.4, -0.2) is 62.3 Å². The first-order chi connectivity index (χ1) is 12.8. The molecule has 2 fully saturated rings. The molecule has 0 aromatic heterocycles. The first kappa shape index (κ1) is 19.8. The molecule has 148 valence electrons. The lowest BCUT2D eigenvalue weighted by Crippen LogP contribution is -2.51. The van der Waals surface area contributed by atoms with Crippen LogP contribution in [0.15, 0.2) is 23.1 Å². The van der Waals surface area contributed by atoms with Crippen molar-refractivity contribution in [2.75, 3.05) is 32.8 Å². The molecule has 1 aromatic carbocycles. The molecule has 1 saturated heterocycles. The average Bonchev–Trinajstić information content (AvgIpc) is 2.60. The van der Waals surface area contributed by atoms with Gasteiger partial charge in [-0.15, -0.1) is 0 Å². The van der Waals surface area contributed by atoms with Crippen LogP contribution in [0.4, 0.5) is 0 Å². The molecule has 0 radical (unpaired) electrons. The summed E-state index contributed by atoms with van der Waals surface area (Å²) in [5, 5.41) is 0. The molecule has 1 aliphatic heterocycles. The molecule has 0 unspecified atom stereocenters. The number of sulfonamides is 1. The van der Waals surface area contributed by atoms with E-state index in [0.717, 1.165) is 30.4 Å². The molecule has 2 aliphatic rings. The summed E-state index contributed by atoms with van der Waals surface area (Å²) >= 11 is 0. The van der Waals surface area contributed by atoms with E-state index in [4.69, 9.17) is 4.74 Å². The Morgan fingerprint density at radius 1 is 1.07 bits per heavy atom. The van der Waals surface area contributed by atoms with Crippen molar-refractivity contribution in [2.24, 2.45) is 5.92 Å². The van der Waals surface area contributed by atoms with Crippen LogP contribution in [0.1, 0.15) is 30.4 Å². The number of carbonyl (C=O) groups excluding carboxylic acids is 2. The maximum atomic E-state index is 12.8. The molecular formula is C19H26N2O5S. The third kappa shape index (κ3) is 4.32. The third-order valence-corrected chi connectivity index (χ3v) is 7.38. The Morgan fingerprint density at radius 2 is 1.74 bits per heavy atom. The zero-order chi connectivity index (χ0) is 19.6. The summed E-state index contributed by atoms with van der Waals surface area (Å²) in [4.78, 5) is 25.8. The van der Waals surface area contributed by atoms with Gasteiger partial charge in [0, 0.05) is 26.2 Å². The van der Waals surface area contributed by atoms with E-state index in [1.54, 1.807) is 23.1 Å². The van der Waals surface area contributed by atoms with Gasteiger partial charge in [0.05, 0.1) is 10.8 Å². The van der Waals surface area contributed by atoms with Gasteiger partial charge in [0.2, 0.25) is 10.0 Å². The standard InChI is InChI=1S/C19H26N2O5S/c1-14-6-7-17(12-15(14)2)27(24,25)21-10-8-20(9-11-21)18(22)13-26-19(23)16-4-3-5-16/h6-7,12,16H,3-5,8-11,13H2,1-2H3. The largest absolute Gasteiger partial charge is 0.455 e. The second kappa shape index (κ2) is 7.98.